The number of aliphatic hydroxyl groups is 1. The molecule has 19 heteroatoms. The van der Waals surface area contributed by atoms with Crippen LogP contribution in [0, 0.1) is 23.7 Å². The van der Waals surface area contributed by atoms with Crippen molar-refractivity contribution in [3.8, 4) is 0 Å². The number of phosphoric ester groups is 2. The largest absolute Gasteiger partial charge is 0.472 e. The van der Waals surface area contributed by atoms with Gasteiger partial charge in [0.1, 0.15) is 19.3 Å². The maximum Gasteiger partial charge on any atom is 0.472 e. The van der Waals surface area contributed by atoms with Gasteiger partial charge in [-0.3, -0.25) is 37.3 Å². The number of esters is 4. The highest BCUT2D eigenvalue weighted by Crippen LogP contribution is 2.45. The summed E-state index contributed by atoms with van der Waals surface area (Å²) in [5.74, 6) is 0.944. The lowest BCUT2D eigenvalue weighted by atomic mass is 9.99. The predicted molar refractivity (Wildman–Crippen MR) is 400 cm³/mol. The summed E-state index contributed by atoms with van der Waals surface area (Å²) >= 11 is 0. The van der Waals surface area contributed by atoms with Gasteiger partial charge in [0.2, 0.25) is 0 Å². The molecule has 17 nitrogen and oxygen atoms in total. The van der Waals surface area contributed by atoms with E-state index in [1.54, 1.807) is 0 Å². The summed E-state index contributed by atoms with van der Waals surface area (Å²) < 4.78 is 68.6. The van der Waals surface area contributed by atoms with E-state index in [1.165, 1.54) is 199 Å². The van der Waals surface area contributed by atoms with Gasteiger partial charge in [-0.15, -0.1) is 0 Å². The van der Waals surface area contributed by atoms with Crippen LogP contribution >= 0.6 is 15.6 Å². The first-order valence-electron chi connectivity index (χ1n) is 40.7. The van der Waals surface area contributed by atoms with E-state index in [2.05, 4.69) is 55.4 Å². The van der Waals surface area contributed by atoms with E-state index in [-0.39, 0.29) is 25.7 Å². The Hall–Kier alpha value is -1.94. The SMILES string of the molecule is CCC(C)CCCCCCCCCCC(=O)O[C@H](COC(=O)CCCCCCCCCCCCCCCCCCC(C)C)COP(=O)(O)OCC(O)COP(=O)(O)OC[C@@H](COC(=O)CCCCCCCCC(C)C)OC(=O)CCCCCCCCCCCCCCCCCC(C)C. The Labute approximate surface area is 600 Å². The number of hydrogen-bond acceptors (Lipinski definition) is 15. The number of phosphoric acid groups is 2. The highest BCUT2D eigenvalue weighted by atomic mass is 31.2. The van der Waals surface area contributed by atoms with Crippen LogP contribution in [0.4, 0.5) is 0 Å². The van der Waals surface area contributed by atoms with E-state index < -0.39 is 97.5 Å². The molecule has 0 aromatic heterocycles. The first kappa shape index (κ1) is 96.1. The Morgan fingerprint density at radius 3 is 0.724 bits per heavy atom. The van der Waals surface area contributed by atoms with Crippen molar-refractivity contribution in [2.45, 2.75) is 420 Å². The van der Waals surface area contributed by atoms with Gasteiger partial charge >= 0.3 is 39.5 Å². The smallest absolute Gasteiger partial charge is 0.462 e. The molecule has 0 aliphatic rings. The van der Waals surface area contributed by atoms with Gasteiger partial charge in [0.05, 0.1) is 26.4 Å². The zero-order valence-corrected chi connectivity index (χ0v) is 66.2. The molecule has 98 heavy (non-hydrogen) atoms. The number of hydrogen-bond donors (Lipinski definition) is 3. The van der Waals surface area contributed by atoms with E-state index in [0.717, 1.165) is 114 Å². The molecule has 0 aromatic carbocycles. The fourth-order valence-electron chi connectivity index (χ4n) is 12.0. The molecule has 0 aliphatic carbocycles. The summed E-state index contributed by atoms with van der Waals surface area (Å²) in [4.78, 5) is 72.9. The zero-order chi connectivity index (χ0) is 72.4. The van der Waals surface area contributed by atoms with Gasteiger partial charge in [-0.2, -0.15) is 0 Å². The standard InChI is InChI=1S/C79H154O17P2/c1-9-72(8)58-50-42-33-29-30-36-46-54-62-79(84)96-74(65-89-76(81)59-51-43-34-27-23-19-15-11-10-13-17-21-25-31-39-47-55-69(2)3)67-93-97(85,86)91-63-73(80)64-92-98(87,88)94-68-75(66-90-77(82)60-52-44-38-37-41-49-57-71(6)7)95-78(83)61-53-45-35-28-24-20-16-12-14-18-22-26-32-40-48-56-70(4)5/h69-75,80H,9-68H2,1-8H3,(H,85,86)(H,87,88)/t72?,73?,74-,75-/m1/s1. The van der Waals surface area contributed by atoms with Crippen molar-refractivity contribution in [1.82, 2.24) is 0 Å². The van der Waals surface area contributed by atoms with Crippen LogP contribution in [0.15, 0.2) is 0 Å². The fourth-order valence-corrected chi connectivity index (χ4v) is 13.6. The van der Waals surface area contributed by atoms with Gasteiger partial charge in [0.25, 0.3) is 0 Å². The van der Waals surface area contributed by atoms with Gasteiger partial charge in [0.15, 0.2) is 12.2 Å². The van der Waals surface area contributed by atoms with Crippen LogP contribution < -0.4 is 0 Å². The molecule has 0 saturated carbocycles. The van der Waals surface area contributed by atoms with Crippen LogP contribution in [0.1, 0.15) is 402 Å². The fraction of sp³-hybridized carbons (Fsp3) is 0.949. The average Bonchev–Trinajstić information content (AvgIpc) is 1.04. The minimum absolute atomic E-state index is 0.105. The van der Waals surface area contributed by atoms with Gasteiger partial charge < -0.3 is 33.8 Å². The molecule has 6 atom stereocenters. The van der Waals surface area contributed by atoms with E-state index >= 15 is 0 Å². The maximum atomic E-state index is 13.1. The van der Waals surface area contributed by atoms with Crippen molar-refractivity contribution in [3.63, 3.8) is 0 Å². The minimum atomic E-state index is -4.96. The second-order valence-corrected chi connectivity index (χ2v) is 33.0. The summed E-state index contributed by atoms with van der Waals surface area (Å²) in [6.45, 7) is 14.2. The highest BCUT2D eigenvalue weighted by Gasteiger charge is 2.30. The lowest BCUT2D eigenvalue weighted by Crippen LogP contribution is -2.30. The van der Waals surface area contributed by atoms with Crippen LogP contribution in [-0.2, 0) is 65.4 Å². The third-order valence-electron chi connectivity index (χ3n) is 18.7. The Kier molecular flexibility index (Phi) is 66.8. The molecule has 582 valence electrons. The van der Waals surface area contributed by atoms with Crippen LogP contribution in [0.2, 0.25) is 0 Å². The van der Waals surface area contributed by atoms with Crippen molar-refractivity contribution in [3.05, 3.63) is 0 Å². The molecule has 0 aliphatic heterocycles. The number of ether oxygens (including phenoxy) is 4. The Morgan fingerprint density at radius 2 is 0.490 bits per heavy atom. The van der Waals surface area contributed by atoms with Gasteiger partial charge in [-0.1, -0.05) is 351 Å². The number of carbonyl (C=O) groups is 4. The summed E-state index contributed by atoms with van der Waals surface area (Å²) in [5, 5.41) is 10.6. The van der Waals surface area contributed by atoms with E-state index in [0.29, 0.717) is 31.6 Å². The zero-order valence-electron chi connectivity index (χ0n) is 64.4. The highest BCUT2D eigenvalue weighted by molar-refractivity contribution is 7.47. The van der Waals surface area contributed by atoms with Gasteiger partial charge in [-0.25, -0.2) is 9.13 Å². The van der Waals surface area contributed by atoms with Crippen LogP contribution in [0.25, 0.3) is 0 Å². The molecule has 0 rings (SSSR count). The van der Waals surface area contributed by atoms with E-state index in [1.807, 2.05) is 0 Å². The average molecular weight is 1440 g/mol. The normalized spacial score (nSPS) is 14.3. The molecule has 0 heterocycles. The Balaban J connectivity index is 5.18. The molecule has 0 amide bonds. The van der Waals surface area contributed by atoms with Crippen LogP contribution in [0.5, 0.6) is 0 Å². The maximum absolute atomic E-state index is 13.1. The molecular formula is C79H154O17P2. The number of rotatable bonds is 76. The Morgan fingerprint density at radius 1 is 0.286 bits per heavy atom. The molecule has 0 radical (unpaired) electrons. The number of carbonyl (C=O) groups excluding carboxylic acids is 4. The number of aliphatic hydroxyl groups excluding tert-OH is 1. The molecule has 0 aromatic rings. The summed E-state index contributed by atoms with van der Waals surface area (Å²) in [5.41, 5.74) is 0. The first-order valence-corrected chi connectivity index (χ1v) is 43.7. The lowest BCUT2D eigenvalue weighted by molar-refractivity contribution is -0.161. The summed E-state index contributed by atoms with van der Waals surface area (Å²) in [7, 11) is -9.92. The molecule has 0 bridgehead atoms. The summed E-state index contributed by atoms with van der Waals surface area (Å²) in [6, 6.07) is 0. The third kappa shape index (κ3) is 71.1. The quantitative estimate of drug-likeness (QED) is 0.0222. The molecule has 4 unspecified atom stereocenters. The second-order valence-electron chi connectivity index (χ2n) is 30.1. The molecule has 0 saturated heterocycles. The van der Waals surface area contributed by atoms with Crippen molar-refractivity contribution >= 4 is 39.5 Å². The first-order chi connectivity index (χ1) is 47.1. The van der Waals surface area contributed by atoms with Crippen molar-refractivity contribution < 1.29 is 80.2 Å². The third-order valence-corrected chi connectivity index (χ3v) is 20.6. The monoisotopic (exact) mass is 1440 g/mol. The van der Waals surface area contributed by atoms with E-state index in [9.17, 15) is 43.2 Å². The summed E-state index contributed by atoms with van der Waals surface area (Å²) in [6.07, 6.45) is 54.3. The number of unbranched alkanes of at least 4 members (excludes halogenated alkanes) is 41. The Bertz CT molecular complexity index is 1920. The molecular weight excluding hydrogens is 1280 g/mol. The van der Waals surface area contributed by atoms with Gasteiger partial charge in [0, 0.05) is 25.7 Å². The van der Waals surface area contributed by atoms with Crippen molar-refractivity contribution in [1.29, 1.82) is 0 Å². The van der Waals surface area contributed by atoms with Crippen molar-refractivity contribution in [2.24, 2.45) is 23.7 Å². The van der Waals surface area contributed by atoms with Crippen molar-refractivity contribution in [2.75, 3.05) is 39.6 Å². The van der Waals surface area contributed by atoms with E-state index in [4.69, 9.17) is 37.0 Å². The molecule has 0 fully saturated rings. The van der Waals surface area contributed by atoms with Crippen LogP contribution in [0.3, 0.4) is 0 Å². The lowest BCUT2D eigenvalue weighted by Gasteiger charge is -2.21. The molecule has 0 spiro atoms. The minimum Gasteiger partial charge on any atom is -0.462 e. The molecule has 3 N–H and O–H groups in total. The van der Waals surface area contributed by atoms with Gasteiger partial charge in [-0.05, 0) is 49.4 Å². The second kappa shape index (κ2) is 68.2. The predicted octanol–water partition coefficient (Wildman–Crippen LogP) is 23.2. The van der Waals surface area contributed by atoms with Crippen LogP contribution in [-0.4, -0.2) is 96.7 Å². The topological polar surface area (TPSA) is 237 Å².